The minimum absolute atomic E-state index is 0.110. The maximum Gasteiger partial charge on any atom is 0.236 e. The topological polar surface area (TPSA) is 50.3 Å². The number of carbonyl (C=O) groups excluding carboxylic acids is 2. The lowest BCUT2D eigenvalue weighted by molar-refractivity contribution is -0.134. The van der Waals surface area contributed by atoms with Gasteiger partial charge in [0, 0.05) is 70.5 Å². The first-order valence-corrected chi connectivity index (χ1v) is 11.3. The van der Waals surface area contributed by atoms with Gasteiger partial charge in [-0.25, -0.2) is 4.39 Å². The molecule has 2 amide bonds. The fraction of sp³-hybridized carbons (Fsp3) is 0.636. The summed E-state index contributed by atoms with van der Waals surface area (Å²) in [7, 11) is 3.55. The van der Waals surface area contributed by atoms with Gasteiger partial charge in [-0.1, -0.05) is 17.7 Å². The number of piperazine rings is 1. The van der Waals surface area contributed by atoms with Gasteiger partial charge in [-0.2, -0.15) is 0 Å². The lowest BCUT2D eigenvalue weighted by Gasteiger charge is -2.36. The predicted molar refractivity (Wildman–Crippen MR) is 119 cm³/mol. The van der Waals surface area contributed by atoms with Crippen LogP contribution in [0.1, 0.15) is 12.0 Å². The summed E-state index contributed by atoms with van der Waals surface area (Å²) in [6, 6.07) is 4.75. The summed E-state index contributed by atoms with van der Waals surface area (Å²) in [5, 5.41) is 0.445. The van der Waals surface area contributed by atoms with E-state index in [1.165, 1.54) is 6.07 Å². The van der Waals surface area contributed by atoms with Crippen LogP contribution < -0.4 is 0 Å². The second-order valence-corrected chi connectivity index (χ2v) is 8.96. The van der Waals surface area contributed by atoms with Crippen molar-refractivity contribution in [3.63, 3.8) is 0 Å². The first kappa shape index (κ1) is 23.9. The zero-order valence-electron chi connectivity index (χ0n) is 18.5. The van der Waals surface area contributed by atoms with Crippen LogP contribution in [0.3, 0.4) is 0 Å². The van der Waals surface area contributed by atoms with Crippen molar-refractivity contribution in [2.75, 3.05) is 79.5 Å². The van der Waals surface area contributed by atoms with Gasteiger partial charge in [0.15, 0.2) is 0 Å². The molecule has 0 atom stereocenters. The lowest BCUT2D eigenvalue weighted by Crippen LogP contribution is -2.51. The number of amides is 2. The third-order valence-electron chi connectivity index (χ3n) is 6.07. The van der Waals surface area contributed by atoms with Crippen LogP contribution in [-0.4, -0.2) is 116 Å². The van der Waals surface area contributed by atoms with Crippen LogP contribution in [0.2, 0.25) is 5.02 Å². The molecular formula is C22H33ClFN5O2. The Labute approximate surface area is 189 Å². The van der Waals surface area contributed by atoms with Gasteiger partial charge in [-0.3, -0.25) is 24.3 Å². The van der Waals surface area contributed by atoms with Crippen molar-refractivity contribution in [1.29, 1.82) is 0 Å². The second kappa shape index (κ2) is 11.2. The maximum absolute atomic E-state index is 14.0. The Morgan fingerprint density at radius 3 is 2.16 bits per heavy atom. The van der Waals surface area contributed by atoms with Crippen LogP contribution in [0.15, 0.2) is 18.2 Å². The van der Waals surface area contributed by atoms with Gasteiger partial charge in [0.1, 0.15) is 5.82 Å². The Hall–Kier alpha value is -1.74. The van der Waals surface area contributed by atoms with E-state index in [9.17, 15) is 14.0 Å². The number of likely N-dealkylation sites (N-methyl/N-ethyl adjacent to an activating group) is 1. The van der Waals surface area contributed by atoms with Gasteiger partial charge in [0.2, 0.25) is 11.8 Å². The number of rotatable bonds is 6. The molecule has 2 aliphatic heterocycles. The van der Waals surface area contributed by atoms with Crippen molar-refractivity contribution in [3.8, 4) is 0 Å². The summed E-state index contributed by atoms with van der Waals surface area (Å²) >= 11 is 6.14. The Kier molecular flexibility index (Phi) is 8.66. The minimum atomic E-state index is -0.284. The smallest absolute Gasteiger partial charge is 0.236 e. The zero-order chi connectivity index (χ0) is 22.4. The van der Waals surface area contributed by atoms with Gasteiger partial charge in [-0.05, 0) is 31.6 Å². The molecule has 0 spiro atoms. The summed E-state index contributed by atoms with van der Waals surface area (Å²) < 4.78 is 14.0. The molecule has 1 aromatic rings. The molecule has 0 N–H and O–H groups in total. The van der Waals surface area contributed by atoms with E-state index in [1.807, 2.05) is 4.90 Å². The summed E-state index contributed by atoms with van der Waals surface area (Å²) in [5.41, 5.74) is 0.519. The second-order valence-electron chi connectivity index (χ2n) is 8.55. The van der Waals surface area contributed by atoms with Crippen molar-refractivity contribution in [2.45, 2.75) is 13.0 Å². The maximum atomic E-state index is 14.0. The van der Waals surface area contributed by atoms with Crippen LogP contribution in [0.25, 0.3) is 0 Å². The quantitative estimate of drug-likeness (QED) is 0.648. The number of nitrogens with zero attached hydrogens (tertiary/aromatic N) is 5. The van der Waals surface area contributed by atoms with Crippen molar-refractivity contribution in [2.24, 2.45) is 0 Å². The van der Waals surface area contributed by atoms with E-state index in [4.69, 9.17) is 11.6 Å². The fourth-order valence-electron chi connectivity index (χ4n) is 4.03. The largest absolute Gasteiger partial charge is 0.348 e. The highest BCUT2D eigenvalue weighted by Crippen LogP contribution is 2.21. The highest BCUT2D eigenvalue weighted by atomic mass is 35.5. The molecule has 0 unspecified atom stereocenters. The highest BCUT2D eigenvalue weighted by molar-refractivity contribution is 6.31. The fourth-order valence-corrected chi connectivity index (χ4v) is 4.25. The molecule has 172 valence electrons. The average molecular weight is 454 g/mol. The van der Waals surface area contributed by atoms with E-state index in [2.05, 4.69) is 14.7 Å². The third-order valence-corrected chi connectivity index (χ3v) is 6.42. The van der Waals surface area contributed by atoms with Crippen LogP contribution in [-0.2, 0) is 16.1 Å². The van der Waals surface area contributed by atoms with Crippen molar-refractivity contribution in [1.82, 2.24) is 24.5 Å². The highest BCUT2D eigenvalue weighted by Gasteiger charge is 2.25. The molecule has 9 heteroatoms. The molecule has 0 aliphatic carbocycles. The Balaban J connectivity index is 1.42. The van der Waals surface area contributed by atoms with Gasteiger partial charge < -0.3 is 9.80 Å². The Morgan fingerprint density at radius 2 is 1.55 bits per heavy atom. The van der Waals surface area contributed by atoms with E-state index in [1.54, 1.807) is 31.1 Å². The van der Waals surface area contributed by atoms with Crippen LogP contribution >= 0.6 is 11.6 Å². The van der Waals surface area contributed by atoms with Gasteiger partial charge in [0.05, 0.1) is 13.1 Å². The summed E-state index contributed by atoms with van der Waals surface area (Å²) in [6.07, 6.45) is 0.950. The predicted octanol–water partition coefficient (Wildman–Crippen LogP) is 1.22. The van der Waals surface area contributed by atoms with E-state index in [-0.39, 0.29) is 17.6 Å². The number of hydrogen-bond acceptors (Lipinski definition) is 5. The molecule has 3 rings (SSSR count). The van der Waals surface area contributed by atoms with Crippen LogP contribution in [0.4, 0.5) is 4.39 Å². The Bertz CT molecular complexity index is 750. The molecule has 2 fully saturated rings. The summed E-state index contributed by atoms with van der Waals surface area (Å²) in [4.78, 5) is 34.8. The molecule has 2 heterocycles. The van der Waals surface area contributed by atoms with E-state index >= 15 is 0 Å². The van der Waals surface area contributed by atoms with E-state index in [0.717, 1.165) is 32.6 Å². The molecule has 0 bridgehead atoms. The van der Waals surface area contributed by atoms with Crippen LogP contribution in [0, 0.1) is 5.82 Å². The molecular weight excluding hydrogens is 421 g/mol. The van der Waals surface area contributed by atoms with Crippen molar-refractivity contribution < 1.29 is 14.0 Å². The molecule has 0 aromatic heterocycles. The standard InChI is InChI=1S/C22H33ClFN5O2/c1-25(2)21(30)16-26-7-4-8-27(10-9-26)17-22(31)29-13-11-28(12-14-29)15-18-19(23)5-3-6-20(18)24/h3,5-6H,4,7-17H2,1-2H3. The van der Waals surface area contributed by atoms with Gasteiger partial charge in [0.25, 0.3) is 0 Å². The number of benzene rings is 1. The molecule has 7 nitrogen and oxygen atoms in total. The molecule has 1 aromatic carbocycles. The first-order valence-electron chi connectivity index (χ1n) is 10.9. The van der Waals surface area contributed by atoms with Crippen molar-refractivity contribution in [3.05, 3.63) is 34.6 Å². The monoisotopic (exact) mass is 453 g/mol. The number of hydrogen-bond donors (Lipinski definition) is 0. The number of carbonyl (C=O) groups is 2. The van der Waals surface area contributed by atoms with Gasteiger partial charge >= 0.3 is 0 Å². The Morgan fingerprint density at radius 1 is 0.935 bits per heavy atom. The molecule has 2 aliphatic rings. The minimum Gasteiger partial charge on any atom is -0.348 e. The summed E-state index contributed by atoms with van der Waals surface area (Å²) in [6.45, 7) is 7.32. The molecule has 31 heavy (non-hydrogen) atoms. The molecule has 0 saturated carbocycles. The number of halogens is 2. The SMILES string of the molecule is CN(C)C(=O)CN1CCCN(CC(=O)N2CCN(Cc3c(F)cccc3Cl)CC2)CC1. The van der Waals surface area contributed by atoms with Crippen LogP contribution in [0.5, 0.6) is 0 Å². The van der Waals surface area contributed by atoms with E-state index < -0.39 is 0 Å². The molecule has 0 radical (unpaired) electrons. The lowest BCUT2D eigenvalue weighted by atomic mass is 10.2. The van der Waals surface area contributed by atoms with E-state index in [0.29, 0.717) is 56.4 Å². The van der Waals surface area contributed by atoms with Gasteiger partial charge in [-0.15, -0.1) is 0 Å². The normalized spacial score (nSPS) is 19.3. The molecule has 2 saturated heterocycles. The third kappa shape index (κ3) is 6.87. The zero-order valence-corrected chi connectivity index (χ0v) is 19.3. The summed E-state index contributed by atoms with van der Waals surface area (Å²) in [5.74, 6) is -0.0334. The average Bonchev–Trinajstić information content (AvgIpc) is 2.96. The van der Waals surface area contributed by atoms with Crippen molar-refractivity contribution >= 4 is 23.4 Å². The first-order chi connectivity index (χ1) is 14.8.